The number of fused-ring (bicyclic) bond motifs is 1. The maximum absolute atomic E-state index is 12.9. The highest BCUT2D eigenvalue weighted by Gasteiger charge is 2.65. The molecule has 0 aliphatic carbocycles. The number of alkyl halides is 3. The number of aromatic nitrogens is 2. The van der Waals surface area contributed by atoms with Gasteiger partial charge in [0, 0.05) is 48.3 Å². The third-order valence-electron chi connectivity index (χ3n) is 5.94. The molecular weight excluding hydrogens is 536 g/mol. The van der Waals surface area contributed by atoms with Crippen LogP contribution < -0.4 is 5.32 Å². The molecule has 0 saturated carbocycles. The van der Waals surface area contributed by atoms with Gasteiger partial charge in [0.15, 0.2) is 0 Å². The van der Waals surface area contributed by atoms with Gasteiger partial charge >= 0.3 is 16.4 Å². The lowest BCUT2D eigenvalue weighted by atomic mass is 9.99. The van der Waals surface area contributed by atoms with Crippen molar-refractivity contribution in [3.05, 3.63) is 59.3 Å². The van der Waals surface area contributed by atoms with Crippen molar-refractivity contribution in [2.24, 2.45) is 5.92 Å². The van der Waals surface area contributed by atoms with Crippen LogP contribution in [0.2, 0.25) is 0 Å². The van der Waals surface area contributed by atoms with E-state index in [1.165, 1.54) is 17.0 Å². The second kappa shape index (κ2) is 8.07. The molecule has 1 aliphatic rings. The van der Waals surface area contributed by atoms with E-state index >= 15 is 0 Å². The first-order valence-corrected chi connectivity index (χ1v) is 12.7. The van der Waals surface area contributed by atoms with Crippen molar-refractivity contribution < 1.29 is 42.2 Å². The van der Waals surface area contributed by atoms with E-state index in [4.69, 9.17) is 0 Å². The monoisotopic (exact) mass is 556 g/mol. The molecule has 6 nitrogen and oxygen atoms in total. The fourth-order valence-corrected chi connectivity index (χ4v) is 4.70. The maximum atomic E-state index is 12.9. The first-order chi connectivity index (χ1) is 16.8. The standard InChI is InChI=1S/C22H20F8N4O2S/c1-13-17(20(35)31-12-22(23,24)25)6-7-19-18(13)11-34(32-19)10-14-8-33(9-14)21(36)15-2-4-16(5-3-15)37(26,27,28,29)30/h2-7,11,14H,8-10,12H2,1H3,(H,31,35). The van der Waals surface area contributed by atoms with E-state index in [0.717, 1.165) is 0 Å². The summed E-state index contributed by atoms with van der Waals surface area (Å²) in [6, 6.07) is 4.71. The topological polar surface area (TPSA) is 67.2 Å². The Balaban J connectivity index is 1.38. The molecular formula is C22H20F8N4O2S. The number of nitrogens with one attached hydrogen (secondary N) is 1. The van der Waals surface area contributed by atoms with Crippen LogP contribution in [-0.4, -0.2) is 52.3 Å². The van der Waals surface area contributed by atoms with Crippen LogP contribution in [0.15, 0.2) is 47.5 Å². The number of likely N-dealkylation sites (tertiary alicyclic amines) is 1. The second-order valence-electron chi connectivity index (χ2n) is 8.89. The van der Waals surface area contributed by atoms with Crippen molar-refractivity contribution in [3.63, 3.8) is 0 Å². The number of rotatable bonds is 6. The lowest BCUT2D eigenvalue weighted by Gasteiger charge is -2.41. The van der Waals surface area contributed by atoms with Crippen molar-refractivity contribution in [3.8, 4) is 0 Å². The molecule has 1 aromatic heterocycles. The fraction of sp³-hybridized carbons (Fsp3) is 0.318. The fourth-order valence-electron chi connectivity index (χ4n) is 4.05. The summed E-state index contributed by atoms with van der Waals surface area (Å²) in [6.45, 7) is 0.990. The van der Waals surface area contributed by atoms with Crippen LogP contribution in [0.3, 0.4) is 0 Å². The Morgan fingerprint density at radius 2 is 1.65 bits per heavy atom. The minimum Gasteiger partial charge on any atom is -0.343 e. The zero-order valence-corrected chi connectivity index (χ0v) is 19.9. The number of benzene rings is 2. The van der Waals surface area contributed by atoms with E-state index in [-0.39, 0.29) is 42.3 Å². The molecule has 0 radical (unpaired) electrons. The predicted octanol–water partition coefficient (Wildman–Crippen LogP) is 6.07. The molecule has 1 N–H and O–H groups in total. The van der Waals surface area contributed by atoms with E-state index in [1.807, 2.05) is 5.32 Å². The Morgan fingerprint density at radius 3 is 2.22 bits per heavy atom. The number of hydrogen-bond donors (Lipinski definition) is 1. The zero-order chi connectivity index (χ0) is 27.5. The molecule has 2 heterocycles. The number of carbonyl (C=O) groups is 2. The van der Waals surface area contributed by atoms with Gasteiger partial charge in [0.25, 0.3) is 11.8 Å². The Labute approximate surface area is 204 Å². The first-order valence-electron chi connectivity index (χ1n) is 10.8. The highest BCUT2D eigenvalue weighted by Crippen LogP contribution is 3.02. The summed E-state index contributed by atoms with van der Waals surface area (Å²) >= 11 is 0. The van der Waals surface area contributed by atoms with Gasteiger partial charge in [-0.2, -0.15) is 18.3 Å². The zero-order valence-electron chi connectivity index (χ0n) is 19.0. The number of amides is 2. The number of aryl methyl sites for hydroxylation is 1. The van der Waals surface area contributed by atoms with E-state index in [2.05, 4.69) is 5.10 Å². The number of nitrogens with zero attached hydrogens (tertiary/aromatic N) is 3. The Hall–Kier alpha value is -3.36. The van der Waals surface area contributed by atoms with Crippen LogP contribution in [0.5, 0.6) is 0 Å². The summed E-state index contributed by atoms with van der Waals surface area (Å²) in [6.07, 6.45) is -2.91. The Bertz CT molecular complexity index is 1380. The van der Waals surface area contributed by atoms with Crippen LogP contribution in [0, 0.1) is 12.8 Å². The molecule has 4 rings (SSSR count). The molecule has 202 valence electrons. The molecule has 0 bridgehead atoms. The average molecular weight is 556 g/mol. The molecule has 37 heavy (non-hydrogen) atoms. The molecule has 2 aromatic carbocycles. The molecule has 15 heteroatoms. The van der Waals surface area contributed by atoms with Gasteiger partial charge in [0.05, 0.1) is 5.52 Å². The van der Waals surface area contributed by atoms with Crippen molar-refractivity contribution in [1.29, 1.82) is 0 Å². The van der Waals surface area contributed by atoms with Gasteiger partial charge in [0.1, 0.15) is 11.4 Å². The summed E-state index contributed by atoms with van der Waals surface area (Å²) in [5.74, 6) is -1.52. The Kier molecular flexibility index (Phi) is 5.82. The molecule has 2 amide bonds. The third-order valence-corrected chi connectivity index (χ3v) is 7.10. The van der Waals surface area contributed by atoms with Crippen molar-refractivity contribution in [2.45, 2.75) is 24.5 Å². The highest BCUT2D eigenvalue weighted by atomic mass is 32.5. The van der Waals surface area contributed by atoms with Crippen molar-refractivity contribution in [1.82, 2.24) is 20.0 Å². The van der Waals surface area contributed by atoms with Gasteiger partial charge in [0.2, 0.25) is 0 Å². The van der Waals surface area contributed by atoms with Crippen LogP contribution in [0.25, 0.3) is 10.9 Å². The molecule has 1 fully saturated rings. The maximum Gasteiger partial charge on any atom is 0.405 e. The van der Waals surface area contributed by atoms with E-state index in [0.29, 0.717) is 35.1 Å². The summed E-state index contributed by atoms with van der Waals surface area (Å²) < 4.78 is 103. The lowest BCUT2D eigenvalue weighted by molar-refractivity contribution is -0.123. The van der Waals surface area contributed by atoms with Crippen molar-refractivity contribution >= 4 is 32.9 Å². The minimum absolute atomic E-state index is 0.0583. The van der Waals surface area contributed by atoms with Crippen LogP contribution in [-0.2, 0) is 6.54 Å². The second-order valence-corrected chi connectivity index (χ2v) is 11.3. The lowest BCUT2D eigenvalue weighted by Crippen LogP contribution is -2.51. The van der Waals surface area contributed by atoms with Crippen LogP contribution in [0.1, 0.15) is 26.3 Å². The Morgan fingerprint density at radius 1 is 1.03 bits per heavy atom. The molecule has 0 spiro atoms. The summed E-state index contributed by atoms with van der Waals surface area (Å²) in [7, 11) is -9.82. The highest BCUT2D eigenvalue weighted by molar-refractivity contribution is 8.45. The van der Waals surface area contributed by atoms with E-state index in [1.54, 1.807) is 17.8 Å². The molecule has 3 aromatic rings. The summed E-state index contributed by atoms with van der Waals surface area (Å²) in [5, 5.41) is 6.77. The smallest absolute Gasteiger partial charge is 0.343 e. The normalized spacial score (nSPS) is 16.7. The van der Waals surface area contributed by atoms with Gasteiger partial charge in [-0.1, -0.05) is 19.4 Å². The minimum atomic E-state index is -9.82. The SMILES string of the molecule is Cc1c(C(=O)NCC(F)(F)F)ccc2nn(CC3CN(C(=O)c4ccc(S(F)(F)(F)(F)F)cc4)C3)cc12. The molecule has 1 saturated heterocycles. The van der Waals surface area contributed by atoms with Gasteiger partial charge < -0.3 is 10.2 Å². The molecule has 0 unspecified atom stereocenters. The molecule has 1 aliphatic heterocycles. The third kappa shape index (κ3) is 5.97. The summed E-state index contributed by atoms with van der Waals surface area (Å²) in [5.41, 5.74) is 0.888. The first kappa shape index (κ1) is 26.7. The largest absolute Gasteiger partial charge is 0.405 e. The predicted molar refractivity (Wildman–Crippen MR) is 120 cm³/mol. The van der Waals surface area contributed by atoms with Gasteiger partial charge in [-0.05, 0) is 48.9 Å². The van der Waals surface area contributed by atoms with Gasteiger partial charge in [-0.25, -0.2) is 0 Å². The quantitative estimate of drug-likeness (QED) is 0.375. The molecule has 0 atom stereocenters. The van der Waals surface area contributed by atoms with Crippen LogP contribution in [0.4, 0.5) is 32.6 Å². The number of hydrogen-bond acceptors (Lipinski definition) is 3. The van der Waals surface area contributed by atoms with Crippen LogP contribution >= 0.6 is 10.2 Å². The van der Waals surface area contributed by atoms with E-state index in [9.17, 15) is 42.2 Å². The number of carbonyl (C=O) groups excluding carboxylic acids is 2. The summed E-state index contributed by atoms with van der Waals surface area (Å²) in [4.78, 5) is 23.9. The average Bonchev–Trinajstić information content (AvgIpc) is 3.16. The van der Waals surface area contributed by atoms with Gasteiger partial charge in [-0.15, -0.1) is 0 Å². The van der Waals surface area contributed by atoms with Gasteiger partial charge in [-0.3, -0.25) is 14.3 Å². The van der Waals surface area contributed by atoms with Crippen molar-refractivity contribution in [2.75, 3.05) is 19.6 Å². The van der Waals surface area contributed by atoms with E-state index < -0.39 is 39.7 Å². The number of halogens is 8.